The lowest BCUT2D eigenvalue weighted by Gasteiger charge is -2.17. The van der Waals surface area contributed by atoms with Gasteiger partial charge in [0.05, 0.1) is 31.7 Å². The molecule has 0 spiro atoms. The molecule has 0 bridgehead atoms. The van der Waals surface area contributed by atoms with Crippen LogP contribution in [-0.2, 0) is 39.3 Å². The number of aromatic nitrogens is 3. The zero-order valence-corrected chi connectivity index (χ0v) is 16.6. The van der Waals surface area contributed by atoms with E-state index in [0.29, 0.717) is 32.8 Å². The van der Waals surface area contributed by atoms with Gasteiger partial charge in [0.1, 0.15) is 5.69 Å². The van der Waals surface area contributed by atoms with Crippen molar-refractivity contribution in [3.63, 3.8) is 0 Å². The highest BCUT2D eigenvalue weighted by atomic mass is 32.2. The van der Waals surface area contributed by atoms with Crippen LogP contribution in [0.1, 0.15) is 17.8 Å². The molecule has 0 radical (unpaired) electrons. The Bertz CT molecular complexity index is 751. The van der Waals surface area contributed by atoms with Crippen molar-refractivity contribution in [1.82, 2.24) is 24.2 Å². The highest BCUT2D eigenvalue weighted by Gasteiger charge is 2.38. The molecule has 1 aliphatic rings. The Morgan fingerprint density at radius 2 is 1.93 bits per heavy atom. The van der Waals surface area contributed by atoms with Gasteiger partial charge in [0.2, 0.25) is 10.0 Å². The minimum absolute atomic E-state index is 0.318. The molecule has 0 aromatic carbocycles. The second-order valence-corrected chi connectivity index (χ2v) is 8.30. The smallest absolute Gasteiger partial charge is 0.475 e. The first-order valence-electron chi connectivity index (χ1n) is 8.21. The molecule has 0 fully saturated rings. The van der Waals surface area contributed by atoms with Gasteiger partial charge in [-0.2, -0.15) is 17.5 Å². The molecule has 0 saturated heterocycles. The third-order valence-electron chi connectivity index (χ3n) is 3.65. The van der Waals surface area contributed by atoms with Crippen LogP contribution in [0.25, 0.3) is 0 Å². The summed E-state index contributed by atoms with van der Waals surface area (Å²) in [5.74, 6) is -2.76. The maximum Gasteiger partial charge on any atom is 0.490 e. The summed E-state index contributed by atoms with van der Waals surface area (Å²) in [7, 11) is 0.761. The minimum atomic E-state index is -5.08. The summed E-state index contributed by atoms with van der Waals surface area (Å²) in [5, 5.41) is 15.4. The number of carboxylic acid groups (broad SMARTS) is 1. The van der Waals surface area contributed by atoms with Gasteiger partial charge in [-0.3, -0.25) is 0 Å². The topological polar surface area (TPSA) is 118 Å². The van der Waals surface area contributed by atoms with Crippen molar-refractivity contribution in [2.75, 3.05) is 40.0 Å². The van der Waals surface area contributed by atoms with Crippen molar-refractivity contribution in [3.8, 4) is 0 Å². The lowest BCUT2D eigenvalue weighted by atomic mass is 10.3. The molecule has 1 aromatic heterocycles. The Morgan fingerprint density at radius 3 is 2.43 bits per heavy atom. The van der Waals surface area contributed by atoms with Gasteiger partial charge in [-0.05, 0) is 20.5 Å². The van der Waals surface area contributed by atoms with Crippen molar-refractivity contribution in [2.24, 2.45) is 0 Å². The fourth-order valence-electron chi connectivity index (χ4n) is 2.18. The molecule has 0 saturated carbocycles. The van der Waals surface area contributed by atoms with E-state index >= 15 is 0 Å². The third kappa shape index (κ3) is 8.08. The average molecular weight is 431 g/mol. The van der Waals surface area contributed by atoms with E-state index in [2.05, 4.69) is 10.3 Å². The fourth-order valence-corrected chi connectivity index (χ4v) is 2.99. The second kappa shape index (κ2) is 10.1. The molecule has 1 N–H and O–H groups in total. The molecular formula is C14H24F3N5O5S. The summed E-state index contributed by atoms with van der Waals surface area (Å²) in [6, 6.07) is 0. The van der Waals surface area contributed by atoms with Gasteiger partial charge < -0.3 is 14.7 Å². The highest BCUT2D eigenvalue weighted by Crippen LogP contribution is 2.17. The number of aliphatic carboxylic acids is 1. The van der Waals surface area contributed by atoms with E-state index in [-0.39, 0.29) is 0 Å². The van der Waals surface area contributed by atoms with Gasteiger partial charge in [0, 0.05) is 19.6 Å². The molecule has 14 heteroatoms. The van der Waals surface area contributed by atoms with Crippen LogP contribution in [0, 0.1) is 0 Å². The number of nitrogens with zero attached hydrogens (tertiary/aromatic N) is 5. The summed E-state index contributed by atoms with van der Waals surface area (Å²) in [5.41, 5.74) is 1.56. The van der Waals surface area contributed by atoms with E-state index in [1.54, 1.807) is 4.68 Å². The van der Waals surface area contributed by atoms with Gasteiger partial charge in [0.15, 0.2) is 0 Å². The summed E-state index contributed by atoms with van der Waals surface area (Å²) in [4.78, 5) is 10.9. The number of hydrogen-bond acceptors (Lipinski definition) is 7. The summed E-state index contributed by atoms with van der Waals surface area (Å²) in [6.45, 7) is 3.32. The number of likely N-dealkylation sites (N-methyl/N-ethyl adjacent to an activating group) is 1. The van der Waals surface area contributed by atoms with E-state index in [0.717, 1.165) is 24.4 Å². The van der Waals surface area contributed by atoms with Gasteiger partial charge in [-0.15, -0.1) is 5.10 Å². The number of carbonyl (C=O) groups is 1. The van der Waals surface area contributed by atoms with Crippen molar-refractivity contribution >= 4 is 16.0 Å². The quantitative estimate of drug-likeness (QED) is 0.633. The van der Waals surface area contributed by atoms with Crippen molar-refractivity contribution in [1.29, 1.82) is 0 Å². The van der Waals surface area contributed by atoms with E-state index in [1.165, 1.54) is 10.6 Å². The zero-order chi connectivity index (χ0) is 21.5. The zero-order valence-electron chi connectivity index (χ0n) is 15.8. The molecule has 0 atom stereocenters. The lowest BCUT2D eigenvalue weighted by Crippen LogP contribution is -2.30. The minimum Gasteiger partial charge on any atom is -0.475 e. The molecule has 0 unspecified atom stereocenters. The van der Waals surface area contributed by atoms with Crippen LogP contribution in [0.2, 0.25) is 0 Å². The monoisotopic (exact) mass is 431 g/mol. The first kappa shape index (κ1) is 24.3. The molecule has 162 valence electrons. The van der Waals surface area contributed by atoms with Crippen LogP contribution >= 0.6 is 0 Å². The van der Waals surface area contributed by atoms with Crippen molar-refractivity contribution in [2.45, 2.75) is 32.3 Å². The van der Waals surface area contributed by atoms with Gasteiger partial charge in [-0.25, -0.2) is 17.9 Å². The maximum atomic E-state index is 11.8. The largest absolute Gasteiger partial charge is 0.490 e. The number of sulfonamides is 1. The SMILES string of the molecule is CN(C)CCOCc1nnn2c1CN(S(C)(=O)=O)CCC2.O=C(O)C(F)(F)F. The Balaban J connectivity index is 0.000000480. The lowest BCUT2D eigenvalue weighted by molar-refractivity contribution is -0.192. The Kier molecular flexibility index (Phi) is 8.78. The first-order valence-corrected chi connectivity index (χ1v) is 10.1. The van der Waals surface area contributed by atoms with E-state index in [9.17, 15) is 21.6 Å². The number of ether oxygens (including phenoxy) is 1. The number of fused-ring (bicyclic) bond motifs is 1. The molecule has 10 nitrogen and oxygen atoms in total. The summed E-state index contributed by atoms with van der Waals surface area (Å²) >= 11 is 0. The van der Waals surface area contributed by atoms with Crippen LogP contribution < -0.4 is 0 Å². The van der Waals surface area contributed by atoms with Crippen LogP contribution in [0.3, 0.4) is 0 Å². The van der Waals surface area contributed by atoms with Crippen molar-refractivity contribution < 1.29 is 36.2 Å². The first-order chi connectivity index (χ1) is 12.8. The highest BCUT2D eigenvalue weighted by molar-refractivity contribution is 7.88. The Morgan fingerprint density at radius 1 is 1.32 bits per heavy atom. The summed E-state index contributed by atoms with van der Waals surface area (Å²) in [6.07, 6.45) is -3.11. The van der Waals surface area contributed by atoms with Crippen LogP contribution in [0.4, 0.5) is 13.2 Å². The number of aryl methyl sites for hydroxylation is 1. The average Bonchev–Trinajstić information content (AvgIpc) is 2.77. The number of rotatable bonds is 6. The van der Waals surface area contributed by atoms with Gasteiger partial charge in [0.25, 0.3) is 0 Å². The predicted octanol–water partition coefficient (Wildman–Crippen LogP) is 0.155. The normalized spacial score (nSPS) is 15.5. The van der Waals surface area contributed by atoms with Crippen molar-refractivity contribution in [3.05, 3.63) is 11.4 Å². The van der Waals surface area contributed by atoms with Gasteiger partial charge in [-0.1, -0.05) is 5.21 Å². The number of alkyl halides is 3. The molecule has 0 aliphatic carbocycles. The number of hydrogen-bond donors (Lipinski definition) is 1. The van der Waals surface area contributed by atoms with Crippen LogP contribution in [-0.4, -0.2) is 89.9 Å². The maximum absolute atomic E-state index is 11.8. The molecule has 28 heavy (non-hydrogen) atoms. The molecule has 2 rings (SSSR count). The third-order valence-corrected chi connectivity index (χ3v) is 4.90. The standard InChI is InChI=1S/C12H23N5O3S.C2HF3O2/c1-15(2)7-8-20-10-11-12-9-16(21(3,18)19)5-4-6-17(12)14-13-11;3-2(4,5)1(6)7/h4-10H2,1-3H3;(H,6,7). The van der Waals surface area contributed by atoms with Gasteiger partial charge >= 0.3 is 12.1 Å². The number of halogens is 3. The number of carboxylic acids is 1. The second-order valence-electron chi connectivity index (χ2n) is 6.31. The van der Waals surface area contributed by atoms with Crippen LogP contribution in [0.5, 0.6) is 0 Å². The molecule has 0 amide bonds. The molecule has 2 heterocycles. The molecule has 1 aliphatic heterocycles. The fraction of sp³-hybridized carbons (Fsp3) is 0.786. The van der Waals surface area contributed by atoms with E-state index < -0.39 is 22.2 Å². The van der Waals surface area contributed by atoms with E-state index in [1.807, 2.05) is 19.0 Å². The molecule has 1 aromatic rings. The molecular weight excluding hydrogens is 407 g/mol. The Hall–Kier alpha value is -1.77. The summed E-state index contributed by atoms with van der Waals surface area (Å²) < 4.78 is 64.1. The predicted molar refractivity (Wildman–Crippen MR) is 91.8 cm³/mol. The van der Waals surface area contributed by atoms with E-state index in [4.69, 9.17) is 14.6 Å². The van der Waals surface area contributed by atoms with Crippen LogP contribution in [0.15, 0.2) is 0 Å². The Labute approximate surface area is 160 Å².